The maximum absolute atomic E-state index is 13.3. The predicted octanol–water partition coefficient (Wildman–Crippen LogP) is 3.84. The van der Waals surface area contributed by atoms with Crippen molar-refractivity contribution in [2.24, 2.45) is 11.8 Å². The number of nitrogens with zero attached hydrogens (tertiary/aromatic N) is 1. The van der Waals surface area contributed by atoms with Crippen molar-refractivity contribution in [3.8, 4) is 0 Å². The van der Waals surface area contributed by atoms with Gasteiger partial charge in [-0.25, -0.2) is 4.98 Å². The van der Waals surface area contributed by atoms with Gasteiger partial charge >= 0.3 is 0 Å². The van der Waals surface area contributed by atoms with E-state index in [9.17, 15) is 19.2 Å². The van der Waals surface area contributed by atoms with Crippen molar-refractivity contribution >= 4 is 45.4 Å². The van der Waals surface area contributed by atoms with Crippen LogP contribution in [0.15, 0.2) is 66.7 Å². The topological polar surface area (TPSA) is 129 Å². The van der Waals surface area contributed by atoms with E-state index in [4.69, 9.17) is 4.98 Å². The molecular weight excluding hydrogens is 530 g/mol. The minimum atomic E-state index is -0.801. The van der Waals surface area contributed by atoms with Crippen molar-refractivity contribution in [2.75, 3.05) is 0 Å². The fourth-order valence-electron chi connectivity index (χ4n) is 5.20. The SMILES string of the molecule is CC(C)[C@@H]1NC(=O)c2cccc(c2)C(=O)N[C@@H](C(C)C)C(=O)NCc2cccc3cc4cccc(c4nc23)CNC1=O. The van der Waals surface area contributed by atoms with E-state index >= 15 is 0 Å². The van der Waals surface area contributed by atoms with Gasteiger partial charge in [0.1, 0.15) is 12.1 Å². The van der Waals surface area contributed by atoms with Gasteiger partial charge in [0.2, 0.25) is 11.8 Å². The van der Waals surface area contributed by atoms with Gasteiger partial charge in [0, 0.05) is 35.0 Å². The second-order valence-electron chi connectivity index (χ2n) is 11.4. The number of aromatic nitrogens is 1. The van der Waals surface area contributed by atoms with E-state index < -0.39 is 23.9 Å². The summed E-state index contributed by atoms with van der Waals surface area (Å²) in [5.74, 6) is -1.97. The Balaban J connectivity index is 1.58. The van der Waals surface area contributed by atoms with Crippen LogP contribution in [0.3, 0.4) is 0 Å². The maximum atomic E-state index is 13.3. The highest BCUT2D eigenvalue weighted by Crippen LogP contribution is 2.25. The number of rotatable bonds is 2. The molecule has 4 N–H and O–H groups in total. The molecule has 42 heavy (non-hydrogen) atoms. The molecule has 4 amide bonds. The summed E-state index contributed by atoms with van der Waals surface area (Å²) >= 11 is 0. The van der Waals surface area contributed by atoms with E-state index in [0.717, 1.165) is 32.9 Å². The van der Waals surface area contributed by atoms with Gasteiger partial charge in [-0.2, -0.15) is 0 Å². The third-order valence-corrected chi connectivity index (χ3v) is 7.60. The molecule has 1 aliphatic heterocycles. The third-order valence-electron chi connectivity index (χ3n) is 7.60. The molecule has 2 atom stereocenters. The van der Waals surface area contributed by atoms with Crippen molar-refractivity contribution in [3.63, 3.8) is 0 Å². The molecule has 0 fully saturated rings. The largest absolute Gasteiger partial charge is 0.350 e. The summed E-state index contributed by atoms with van der Waals surface area (Å²) in [6, 6.07) is 18.3. The first-order valence-electron chi connectivity index (χ1n) is 14.2. The van der Waals surface area contributed by atoms with E-state index in [0.29, 0.717) is 0 Å². The van der Waals surface area contributed by atoms with Crippen molar-refractivity contribution in [2.45, 2.75) is 52.9 Å². The Morgan fingerprint density at radius 2 is 1.05 bits per heavy atom. The van der Waals surface area contributed by atoms with Crippen LogP contribution >= 0.6 is 0 Å². The molecule has 3 aromatic carbocycles. The molecule has 0 saturated heterocycles. The highest BCUT2D eigenvalue weighted by Gasteiger charge is 2.27. The van der Waals surface area contributed by atoms with Crippen LogP contribution in [0.2, 0.25) is 0 Å². The van der Waals surface area contributed by atoms with Gasteiger partial charge in [0.25, 0.3) is 11.8 Å². The van der Waals surface area contributed by atoms with Crippen molar-refractivity contribution in [1.29, 1.82) is 0 Å². The second-order valence-corrected chi connectivity index (χ2v) is 11.4. The molecule has 0 unspecified atom stereocenters. The lowest BCUT2D eigenvalue weighted by molar-refractivity contribution is -0.124. The Labute approximate surface area is 244 Å². The smallest absolute Gasteiger partial charge is 0.251 e. The Kier molecular flexibility index (Phi) is 8.20. The summed E-state index contributed by atoms with van der Waals surface area (Å²) in [5, 5.41) is 13.4. The molecule has 1 aromatic heterocycles. The van der Waals surface area contributed by atoms with Gasteiger partial charge in [-0.05, 0) is 47.2 Å². The molecule has 9 nitrogen and oxygen atoms in total. The van der Waals surface area contributed by atoms with E-state index in [1.807, 2.05) is 70.2 Å². The normalized spacial score (nSPS) is 18.7. The van der Waals surface area contributed by atoms with Gasteiger partial charge in [-0.15, -0.1) is 0 Å². The molecule has 0 radical (unpaired) electrons. The van der Waals surface area contributed by atoms with Crippen LogP contribution in [-0.4, -0.2) is 40.7 Å². The monoisotopic (exact) mass is 565 g/mol. The Bertz CT molecular complexity index is 1580. The fourth-order valence-corrected chi connectivity index (χ4v) is 5.20. The summed E-state index contributed by atoms with van der Waals surface area (Å²) in [6.45, 7) is 7.87. The van der Waals surface area contributed by atoms with Gasteiger partial charge in [-0.3, -0.25) is 19.2 Å². The van der Waals surface area contributed by atoms with Crippen LogP contribution in [0.25, 0.3) is 21.8 Å². The number of para-hydroxylation sites is 2. The number of fused-ring (bicyclic) bond motifs is 2. The van der Waals surface area contributed by atoms with Gasteiger partial charge in [0.05, 0.1) is 11.0 Å². The zero-order valence-electron chi connectivity index (χ0n) is 24.2. The van der Waals surface area contributed by atoms with Crippen LogP contribution in [0, 0.1) is 11.8 Å². The highest BCUT2D eigenvalue weighted by molar-refractivity contribution is 6.02. The fraction of sp³-hybridized carbons (Fsp3) is 0.303. The average Bonchev–Trinajstić information content (AvgIpc) is 2.98. The zero-order chi connectivity index (χ0) is 30.0. The molecule has 0 aliphatic carbocycles. The number of pyridine rings is 1. The molecule has 4 aromatic rings. The van der Waals surface area contributed by atoms with Crippen molar-refractivity contribution in [3.05, 3.63) is 89.0 Å². The summed E-state index contributed by atoms with van der Waals surface area (Å²) < 4.78 is 0. The number of nitrogens with one attached hydrogen (secondary N) is 4. The highest BCUT2D eigenvalue weighted by atomic mass is 16.2. The third kappa shape index (κ3) is 5.95. The number of hydrogen-bond acceptors (Lipinski definition) is 5. The van der Waals surface area contributed by atoms with Gasteiger partial charge in [-0.1, -0.05) is 70.2 Å². The summed E-state index contributed by atoms with van der Waals surface area (Å²) in [4.78, 5) is 58.0. The lowest BCUT2D eigenvalue weighted by Crippen LogP contribution is -2.50. The van der Waals surface area contributed by atoms with Crippen LogP contribution in [0.4, 0.5) is 0 Å². The summed E-state index contributed by atoms with van der Waals surface area (Å²) in [6.07, 6.45) is 0. The predicted molar refractivity (Wildman–Crippen MR) is 162 cm³/mol. The lowest BCUT2D eigenvalue weighted by atomic mass is 10.0. The lowest BCUT2D eigenvalue weighted by Gasteiger charge is -2.23. The molecule has 0 spiro atoms. The molecule has 216 valence electrons. The summed E-state index contributed by atoms with van der Waals surface area (Å²) in [7, 11) is 0. The molecule has 4 bridgehead atoms. The Morgan fingerprint density at radius 1 is 0.619 bits per heavy atom. The number of benzene rings is 3. The standard InChI is InChI=1S/C33H35N5O4/c1-18(2)26-32(41)34-16-24-12-5-8-20-14-21-9-6-13-25(29(21)36-28(20)24)17-35-33(42)27(19(3)4)38-31(40)23-11-7-10-22(15-23)30(39)37-26/h5-15,18-19,26-27H,16-17H2,1-4H3,(H,34,41)(H,35,42)(H,37,39)(H,38,40)/t26-,27-/m0/s1. The maximum Gasteiger partial charge on any atom is 0.251 e. The first-order valence-corrected chi connectivity index (χ1v) is 14.2. The first kappa shape index (κ1) is 28.7. The Hall–Kier alpha value is -4.79. The van der Waals surface area contributed by atoms with E-state index in [2.05, 4.69) is 21.3 Å². The number of amides is 4. The average molecular weight is 566 g/mol. The minimum Gasteiger partial charge on any atom is -0.350 e. The van der Waals surface area contributed by atoms with E-state index in [1.54, 1.807) is 18.2 Å². The molecular formula is C33H35N5O4. The second kappa shape index (κ2) is 12.0. The molecule has 0 saturated carbocycles. The van der Waals surface area contributed by atoms with Gasteiger partial charge in [0.15, 0.2) is 0 Å². The molecule has 1 aliphatic rings. The van der Waals surface area contributed by atoms with E-state index in [1.165, 1.54) is 6.07 Å². The molecule has 9 heteroatoms. The van der Waals surface area contributed by atoms with E-state index in [-0.39, 0.29) is 47.9 Å². The zero-order valence-corrected chi connectivity index (χ0v) is 24.2. The molecule has 5 rings (SSSR count). The van der Waals surface area contributed by atoms with Crippen molar-refractivity contribution in [1.82, 2.24) is 26.3 Å². The summed E-state index contributed by atoms with van der Waals surface area (Å²) in [5.41, 5.74) is 3.63. The molecule has 2 heterocycles. The first-order chi connectivity index (χ1) is 20.1. The number of carbonyl (C=O) groups excluding carboxylic acids is 4. The number of carbonyl (C=O) groups is 4. The quantitative estimate of drug-likeness (QED) is 0.275. The van der Waals surface area contributed by atoms with Crippen LogP contribution in [0.1, 0.15) is 59.5 Å². The van der Waals surface area contributed by atoms with Gasteiger partial charge < -0.3 is 21.3 Å². The Morgan fingerprint density at radius 3 is 1.48 bits per heavy atom. The van der Waals surface area contributed by atoms with Crippen LogP contribution < -0.4 is 21.3 Å². The minimum absolute atomic E-state index is 0.194. The van der Waals surface area contributed by atoms with Crippen LogP contribution in [0.5, 0.6) is 0 Å². The van der Waals surface area contributed by atoms with Crippen LogP contribution in [-0.2, 0) is 22.7 Å². The van der Waals surface area contributed by atoms with Crippen molar-refractivity contribution < 1.29 is 19.2 Å². The number of hydrogen-bond donors (Lipinski definition) is 4.